The summed E-state index contributed by atoms with van der Waals surface area (Å²) in [5.41, 5.74) is 5.88. The number of carboxylic acids is 1. The molecule has 0 saturated carbocycles. The SMILES string of the molecule is N#Cc1c2c(cc3nc(-c4cccc(-c5ccc6c(c5)OCCO6)c4Cl)oc13)[C@H](N1CC[C@@H](C(=O)O)C1)CC2. The van der Waals surface area contributed by atoms with Gasteiger partial charge in [-0.3, -0.25) is 9.69 Å². The van der Waals surface area contributed by atoms with E-state index in [1.165, 1.54) is 0 Å². The molecular formula is C30H24ClN3O5. The highest BCUT2D eigenvalue weighted by atomic mass is 35.5. The molecule has 4 aromatic rings. The molecule has 1 saturated heterocycles. The first-order chi connectivity index (χ1) is 19.0. The summed E-state index contributed by atoms with van der Waals surface area (Å²) in [6, 6.07) is 15.8. The minimum absolute atomic E-state index is 0.0723. The summed E-state index contributed by atoms with van der Waals surface area (Å²) in [6.45, 7) is 2.27. The molecule has 2 atom stereocenters. The van der Waals surface area contributed by atoms with Crippen molar-refractivity contribution in [2.75, 3.05) is 26.3 Å². The fourth-order valence-electron chi connectivity index (χ4n) is 6.14. The summed E-state index contributed by atoms with van der Waals surface area (Å²) in [6.07, 6.45) is 2.23. The number of halogens is 1. The van der Waals surface area contributed by atoms with Crippen molar-refractivity contribution in [3.05, 3.63) is 64.2 Å². The number of ether oxygens (including phenoxy) is 2. The van der Waals surface area contributed by atoms with E-state index in [2.05, 4.69) is 11.0 Å². The molecule has 39 heavy (non-hydrogen) atoms. The van der Waals surface area contributed by atoms with Crippen LogP contribution in [0.2, 0.25) is 5.02 Å². The zero-order chi connectivity index (χ0) is 26.7. The lowest BCUT2D eigenvalue weighted by Crippen LogP contribution is -2.26. The van der Waals surface area contributed by atoms with Gasteiger partial charge in [0.25, 0.3) is 0 Å². The number of fused-ring (bicyclic) bond motifs is 3. The zero-order valence-electron chi connectivity index (χ0n) is 20.9. The number of hydrogen-bond acceptors (Lipinski definition) is 7. The number of benzene rings is 3. The van der Waals surface area contributed by atoms with Crippen LogP contribution in [-0.4, -0.2) is 47.3 Å². The standard InChI is InChI=1S/C30H24ClN3O5/c31-27-18(16-4-7-25-26(12-16)38-11-10-37-25)2-1-3-20(27)29-33-23-13-21-19(22(14-32)28(23)39-29)5-6-24(21)34-9-8-17(15-34)30(35)36/h1-4,7,12-13,17,24H,5-6,8-11,15H2,(H,35,36)/t17-,24-/m1/s1. The van der Waals surface area contributed by atoms with Gasteiger partial charge in [0.05, 0.1) is 16.5 Å². The van der Waals surface area contributed by atoms with Crippen LogP contribution in [0.1, 0.15) is 35.6 Å². The van der Waals surface area contributed by atoms with Crippen molar-refractivity contribution in [3.8, 4) is 40.1 Å². The number of rotatable bonds is 4. The highest BCUT2D eigenvalue weighted by Gasteiger charge is 2.37. The Bertz CT molecular complexity index is 1690. The molecule has 1 aliphatic carbocycles. The molecule has 0 bridgehead atoms. The summed E-state index contributed by atoms with van der Waals surface area (Å²) in [4.78, 5) is 18.5. The highest BCUT2D eigenvalue weighted by molar-refractivity contribution is 6.36. The molecular weight excluding hydrogens is 518 g/mol. The van der Waals surface area contributed by atoms with E-state index in [9.17, 15) is 15.2 Å². The Labute approximate surface area is 229 Å². The van der Waals surface area contributed by atoms with Gasteiger partial charge in [0, 0.05) is 18.2 Å². The maximum atomic E-state index is 11.5. The number of nitrogens with zero attached hydrogens (tertiary/aromatic N) is 3. The van der Waals surface area contributed by atoms with Crippen molar-refractivity contribution < 1.29 is 23.8 Å². The summed E-state index contributed by atoms with van der Waals surface area (Å²) in [7, 11) is 0. The van der Waals surface area contributed by atoms with E-state index in [-0.39, 0.29) is 12.0 Å². The maximum absolute atomic E-state index is 11.5. The van der Waals surface area contributed by atoms with Crippen LogP contribution in [0.25, 0.3) is 33.7 Å². The number of likely N-dealkylation sites (tertiary alicyclic amines) is 1. The molecule has 0 radical (unpaired) electrons. The first kappa shape index (κ1) is 24.0. The summed E-state index contributed by atoms with van der Waals surface area (Å²) >= 11 is 6.92. The van der Waals surface area contributed by atoms with Gasteiger partial charge in [0.1, 0.15) is 30.4 Å². The van der Waals surface area contributed by atoms with Crippen molar-refractivity contribution >= 4 is 28.7 Å². The Kier molecular flexibility index (Phi) is 5.72. The minimum Gasteiger partial charge on any atom is -0.486 e. The van der Waals surface area contributed by atoms with E-state index >= 15 is 0 Å². The first-order valence-corrected chi connectivity index (χ1v) is 13.4. The molecule has 3 aliphatic rings. The second kappa shape index (κ2) is 9.30. The van der Waals surface area contributed by atoms with Gasteiger partial charge in [0.2, 0.25) is 5.89 Å². The van der Waals surface area contributed by atoms with E-state index < -0.39 is 5.97 Å². The Morgan fingerprint density at radius 2 is 1.92 bits per heavy atom. The molecule has 1 fully saturated rings. The van der Waals surface area contributed by atoms with Crippen LogP contribution in [0, 0.1) is 17.2 Å². The molecule has 3 aromatic carbocycles. The van der Waals surface area contributed by atoms with Gasteiger partial charge in [-0.15, -0.1) is 0 Å². The second-order valence-electron chi connectivity index (χ2n) is 10.2. The average molecular weight is 542 g/mol. The average Bonchev–Trinajstić information content (AvgIpc) is 3.70. The van der Waals surface area contributed by atoms with Crippen LogP contribution < -0.4 is 9.47 Å². The monoisotopic (exact) mass is 541 g/mol. The lowest BCUT2D eigenvalue weighted by atomic mass is 10.0. The molecule has 2 aliphatic heterocycles. The van der Waals surface area contributed by atoms with E-state index in [4.69, 9.17) is 30.5 Å². The van der Waals surface area contributed by atoms with E-state index in [0.717, 1.165) is 41.6 Å². The summed E-state index contributed by atoms with van der Waals surface area (Å²) in [5.74, 6) is 0.630. The predicted octanol–water partition coefficient (Wildman–Crippen LogP) is 5.85. The fourth-order valence-corrected chi connectivity index (χ4v) is 6.46. The van der Waals surface area contributed by atoms with Crippen LogP contribution in [0.5, 0.6) is 11.5 Å². The van der Waals surface area contributed by atoms with Crippen LogP contribution in [0.4, 0.5) is 0 Å². The third kappa shape index (κ3) is 3.92. The Balaban J connectivity index is 1.28. The number of carbonyl (C=O) groups is 1. The number of nitriles is 1. The zero-order valence-corrected chi connectivity index (χ0v) is 21.7. The van der Waals surface area contributed by atoms with Crippen molar-refractivity contribution in [1.29, 1.82) is 5.26 Å². The summed E-state index contributed by atoms with van der Waals surface area (Å²) in [5, 5.41) is 20.1. The van der Waals surface area contributed by atoms with Crippen LogP contribution in [0.15, 0.2) is 46.9 Å². The van der Waals surface area contributed by atoms with Gasteiger partial charge in [-0.05, 0) is 66.8 Å². The van der Waals surface area contributed by atoms with Gasteiger partial charge in [-0.1, -0.05) is 29.8 Å². The predicted molar refractivity (Wildman–Crippen MR) is 144 cm³/mol. The lowest BCUT2D eigenvalue weighted by Gasteiger charge is -2.24. The molecule has 1 N–H and O–H groups in total. The molecule has 0 amide bonds. The van der Waals surface area contributed by atoms with Crippen molar-refractivity contribution in [1.82, 2.24) is 9.88 Å². The number of oxazole rings is 1. The first-order valence-electron chi connectivity index (χ1n) is 13.0. The van der Waals surface area contributed by atoms with Gasteiger partial charge < -0.3 is 19.0 Å². The normalized spacial score (nSPS) is 20.2. The highest BCUT2D eigenvalue weighted by Crippen LogP contribution is 2.45. The molecule has 3 heterocycles. The molecule has 8 nitrogen and oxygen atoms in total. The van der Waals surface area contributed by atoms with Crippen LogP contribution in [0.3, 0.4) is 0 Å². The smallest absolute Gasteiger partial charge is 0.307 e. The Hall–Kier alpha value is -4.06. The second-order valence-corrected chi connectivity index (χ2v) is 10.6. The Morgan fingerprint density at radius 1 is 1.10 bits per heavy atom. The Morgan fingerprint density at radius 3 is 2.72 bits per heavy atom. The van der Waals surface area contributed by atoms with Gasteiger partial charge in [0.15, 0.2) is 17.1 Å². The van der Waals surface area contributed by atoms with Crippen molar-refractivity contribution in [2.24, 2.45) is 5.92 Å². The quantitative estimate of drug-likeness (QED) is 0.342. The molecule has 196 valence electrons. The van der Waals surface area contributed by atoms with E-state index in [1.54, 1.807) is 0 Å². The number of aromatic nitrogens is 1. The van der Waals surface area contributed by atoms with E-state index in [1.807, 2.05) is 42.5 Å². The van der Waals surface area contributed by atoms with Gasteiger partial charge >= 0.3 is 5.97 Å². The summed E-state index contributed by atoms with van der Waals surface area (Å²) < 4.78 is 17.6. The topological polar surface area (TPSA) is 109 Å². The third-order valence-electron chi connectivity index (χ3n) is 8.05. The molecule has 7 rings (SSSR count). The fraction of sp³-hybridized carbons (Fsp3) is 0.300. The van der Waals surface area contributed by atoms with E-state index in [0.29, 0.717) is 70.8 Å². The van der Waals surface area contributed by atoms with Crippen molar-refractivity contribution in [2.45, 2.75) is 25.3 Å². The van der Waals surface area contributed by atoms with Gasteiger partial charge in [-0.2, -0.15) is 5.26 Å². The number of carboxylic acid groups (broad SMARTS) is 1. The largest absolute Gasteiger partial charge is 0.486 e. The molecule has 9 heteroatoms. The van der Waals surface area contributed by atoms with Crippen molar-refractivity contribution in [3.63, 3.8) is 0 Å². The number of aliphatic carboxylic acids is 1. The van der Waals surface area contributed by atoms with Crippen LogP contribution in [-0.2, 0) is 11.2 Å². The third-order valence-corrected chi connectivity index (χ3v) is 8.46. The molecule has 0 spiro atoms. The minimum atomic E-state index is -0.750. The number of hydrogen-bond donors (Lipinski definition) is 1. The molecule has 1 aromatic heterocycles. The van der Waals surface area contributed by atoms with Crippen LogP contribution >= 0.6 is 11.6 Å². The maximum Gasteiger partial charge on any atom is 0.307 e. The molecule has 0 unspecified atom stereocenters. The lowest BCUT2D eigenvalue weighted by molar-refractivity contribution is -0.141. The van der Waals surface area contributed by atoms with Gasteiger partial charge in [-0.25, -0.2) is 4.98 Å².